The minimum atomic E-state index is -2.96. The van der Waals surface area contributed by atoms with Crippen LogP contribution in [0.4, 0.5) is 0 Å². The van der Waals surface area contributed by atoms with E-state index in [2.05, 4.69) is 12.2 Å². The highest BCUT2D eigenvalue weighted by molar-refractivity contribution is 7.92. The highest BCUT2D eigenvalue weighted by Gasteiger charge is 2.29. The van der Waals surface area contributed by atoms with Crippen LogP contribution in [0.5, 0.6) is 0 Å². The molecule has 0 bridgehead atoms. The van der Waals surface area contributed by atoms with E-state index < -0.39 is 14.6 Å². The largest absolute Gasteiger partial charge is 0.314 e. The molecule has 0 radical (unpaired) electrons. The summed E-state index contributed by atoms with van der Waals surface area (Å²) in [4.78, 5) is 0. The van der Waals surface area contributed by atoms with Gasteiger partial charge in [0.1, 0.15) is 0 Å². The summed E-state index contributed by atoms with van der Waals surface area (Å²) in [7, 11) is -2.96. The summed E-state index contributed by atoms with van der Waals surface area (Å²) in [6.07, 6.45) is 5.64. The van der Waals surface area contributed by atoms with Crippen molar-refractivity contribution < 1.29 is 8.42 Å². The molecule has 0 aromatic heterocycles. The summed E-state index contributed by atoms with van der Waals surface area (Å²) in [6.45, 7) is 8.53. The van der Waals surface area contributed by atoms with Crippen LogP contribution in [0.3, 0.4) is 0 Å². The first-order valence-corrected chi connectivity index (χ1v) is 8.87. The summed E-state index contributed by atoms with van der Waals surface area (Å²) in [5, 5.41) is 3.52. The van der Waals surface area contributed by atoms with E-state index >= 15 is 0 Å². The fourth-order valence-corrected chi connectivity index (χ4v) is 3.26. The number of sulfone groups is 1. The van der Waals surface area contributed by atoms with Gasteiger partial charge in [0.05, 0.1) is 10.5 Å². The fraction of sp³-hybridized carbons (Fsp3) is 1.00. The lowest BCUT2D eigenvalue weighted by Gasteiger charge is -2.22. The van der Waals surface area contributed by atoms with Crippen molar-refractivity contribution in [3.8, 4) is 0 Å². The van der Waals surface area contributed by atoms with Crippen LogP contribution in [-0.4, -0.2) is 31.5 Å². The van der Waals surface area contributed by atoms with Gasteiger partial charge in [0.2, 0.25) is 0 Å². The Balaban J connectivity index is 2.40. The minimum Gasteiger partial charge on any atom is -0.314 e. The highest BCUT2D eigenvalue weighted by atomic mass is 32.2. The maximum atomic E-state index is 12.1. The predicted molar refractivity (Wildman–Crippen MR) is 77.6 cm³/mol. The van der Waals surface area contributed by atoms with E-state index in [0.717, 1.165) is 25.8 Å². The van der Waals surface area contributed by atoms with Crippen LogP contribution in [0.25, 0.3) is 0 Å². The normalized spacial score (nSPS) is 18.9. The second-order valence-electron chi connectivity index (χ2n) is 6.56. The number of hydrogen-bond donors (Lipinski definition) is 1. The van der Waals surface area contributed by atoms with Gasteiger partial charge in [-0.3, -0.25) is 0 Å². The molecule has 18 heavy (non-hydrogen) atoms. The third kappa shape index (κ3) is 5.27. The van der Waals surface area contributed by atoms with Gasteiger partial charge in [0.25, 0.3) is 0 Å². The van der Waals surface area contributed by atoms with Gasteiger partial charge >= 0.3 is 0 Å². The van der Waals surface area contributed by atoms with Gasteiger partial charge in [-0.25, -0.2) is 8.42 Å². The van der Waals surface area contributed by atoms with Crippen LogP contribution < -0.4 is 5.32 Å². The average Bonchev–Trinajstić information content (AvgIpc) is 3.04. The van der Waals surface area contributed by atoms with Gasteiger partial charge < -0.3 is 5.32 Å². The first-order valence-electron chi connectivity index (χ1n) is 7.22. The zero-order valence-corrected chi connectivity index (χ0v) is 13.1. The van der Waals surface area contributed by atoms with Crippen LogP contribution in [0.1, 0.15) is 59.8 Å². The Labute approximate surface area is 113 Å². The van der Waals surface area contributed by atoms with Crippen molar-refractivity contribution in [2.24, 2.45) is 5.92 Å². The molecule has 1 saturated carbocycles. The van der Waals surface area contributed by atoms with Gasteiger partial charge in [0, 0.05) is 6.04 Å². The SMILES string of the molecule is CCCC(CCS(=O)(=O)C(C)(C)C)CNC1CC1. The molecule has 1 rings (SSSR count). The smallest absolute Gasteiger partial charge is 0.155 e. The molecular formula is C14H29NO2S. The van der Waals surface area contributed by atoms with Crippen LogP contribution in [-0.2, 0) is 9.84 Å². The molecule has 3 nitrogen and oxygen atoms in total. The second-order valence-corrected chi connectivity index (χ2v) is 9.42. The van der Waals surface area contributed by atoms with Crippen molar-refractivity contribution >= 4 is 9.84 Å². The van der Waals surface area contributed by atoms with Crippen LogP contribution >= 0.6 is 0 Å². The molecule has 1 fully saturated rings. The molecule has 1 aliphatic carbocycles. The Morgan fingerprint density at radius 3 is 2.28 bits per heavy atom. The van der Waals surface area contributed by atoms with Gasteiger partial charge in [-0.2, -0.15) is 0 Å². The van der Waals surface area contributed by atoms with Gasteiger partial charge in [-0.1, -0.05) is 13.3 Å². The molecule has 0 spiro atoms. The van der Waals surface area contributed by atoms with Crippen LogP contribution in [0.15, 0.2) is 0 Å². The Morgan fingerprint density at radius 1 is 1.22 bits per heavy atom. The minimum absolute atomic E-state index is 0.327. The summed E-state index contributed by atoms with van der Waals surface area (Å²) < 4.78 is 23.6. The maximum absolute atomic E-state index is 12.1. The van der Waals surface area contributed by atoms with Gasteiger partial charge in [0.15, 0.2) is 9.84 Å². The Kier molecular flexibility index (Phi) is 5.66. The Bertz CT molecular complexity index is 339. The van der Waals surface area contributed by atoms with Crippen molar-refractivity contribution in [2.75, 3.05) is 12.3 Å². The Hall–Kier alpha value is -0.0900. The molecular weight excluding hydrogens is 246 g/mol. The quantitative estimate of drug-likeness (QED) is 0.741. The third-order valence-electron chi connectivity index (χ3n) is 3.70. The molecule has 0 heterocycles. The van der Waals surface area contributed by atoms with Crippen molar-refractivity contribution in [2.45, 2.75) is 70.6 Å². The summed E-state index contributed by atoms with van der Waals surface area (Å²) in [6, 6.07) is 0.712. The number of rotatable bonds is 8. The van der Waals surface area contributed by atoms with E-state index in [1.165, 1.54) is 12.8 Å². The van der Waals surface area contributed by atoms with E-state index in [1.54, 1.807) is 20.8 Å². The molecule has 108 valence electrons. The van der Waals surface area contributed by atoms with Crippen LogP contribution in [0.2, 0.25) is 0 Å². The van der Waals surface area contributed by atoms with Crippen molar-refractivity contribution in [1.82, 2.24) is 5.32 Å². The number of nitrogens with one attached hydrogen (secondary N) is 1. The molecule has 1 atom stereocenters. The van der Waals surface area contributed by atoms with Crippen molar-refractivity contribution in [1.29, 1.82) is 0 Å². The van der Waals surface area contributed by atoms with Gasteiger partial charge in [-0.05, 0) is 58.9 Å². The first kappa shape index (κ1) is 16.0. The molecule has 0 aliphatic heterocycles. The lowest BCUT2D eigenvalue weighted by atomic mass is 10.0. The van der Waals surface area contributed by atoms with E-state index in [9.17, 15) is 8.42 Å². The summed E-state index contributed by atoms with van der Waals surface area (Å²) in [5.74, 6) is 0.834. The molecule has 1 N–H and O–H groups in total. The number of hydrogen-bond acceptors (Lipinski definition) is 3. The summed E-state index contributed by atoms with van der Waals surface area (Å²) >= 11 is 0. The molecule has 0 aromatic carbocycles. The first-order chi connectivity index (χ1) is 8.26. The van der Waals surface area contributed by atoms with Crippen molar-refractivity contribution in [3.63, 3.8) is 0 Å². The zero-order valence-electron chi connectivity index (χ0n) is 12.3. The Morgan fingerprint density at radius 2 is 1.83 bits per heavy atom. The molecule has 1 aliphatic rings. The summed E-state index contributed by atoms with van der Waals surface area (Å²) in [5.41, 5.74) is 0. The standard InChI is InChI=1S/C14H29NO2S/c1-5-6-12(11-15-13-7-8-13)9-10-18(16,17)14(2,3)4/h12-13,15H,5-11H2,1-4H3. The van der Waals surface area contributed by atoms with Crippen LogP contribution in [0, 0.1) is 5.92 Å². The van der Waals surface area contributed by atoms with Crippen molar-refractivity contribution in [3.05, 3.63) is 0 Å². The third-order valence-corrected chi connectivity index (χ3v) is 6.34. The molecule has 0 saturated heterocycles. The molecule has 0 amide bonds. The van der Waals surface area contributed by atoms with E-state index in [1.807, 2.05) is 0 Å². The molecule has 4 heteroatoms. The van der Waals surface area contributed by atoms with Gasteiger partial charge in [-0.15, -0.1) is 0 Å². The van der Waals surface area contributed by atoms with E-state index in [-0.39, 0.29) is 0 Å². The molecule has 1 unspecified atom stereocenters. The lowest BCUT2D eigenvalue weighted by molar-refractivity contribution is 0.425. The zero-order chi connectivity index (χ0) is 13.8. The van der Waals surface area contributed by atoms with E-state index in [0.29, 0.717) is 17.7 Å². The van der Waals surface area contributed by atoms with E-state index in [4.69, 9.17) is 0 Å². The fourth-order valence-electron chi connectivity index (χ4n) is 2.01. The second kappa shape index (κ2) is 6.38. The average molecular weight is 275 g/mol. The topological polar surface area (TPSA) is 46.2 Å². The lowest BCUT2D eigenvalue weighted by Crippen LogP contribution is -2.32. The molecule has 0 aromatic rings. The monoisotopic (exact) mass is 275 g/mol. The highest BCUT2D eigenvalue weighted by Crippen LogP contribution is 2.22. The predicted octanol–water partition coefficient (Wildman–Crippen LogP) is 2.76. The maximum Gasteiger partial charge on any atom is 0.155 e.